The first-order valence-electron chi connectivity index (χ1n) is 13.7. The van der Waals surface area contributed by atoms with Gasteiger partial charge in [-0.05, 0) is 36.6 Å². The zero-order valence-electron chi connectivity index (χ0n) is 22.6. The number of morpholine rings is 1. The van der Waals surface area contributed by atoms with E-state index in [1.165, 1.54) is 19.2 Å². The van der Waals surface area contributed by atoms with E-state index in [1.807, 2.05) is 0 Å². The number of aliphatic hydroxyl groups excluding tert-OH is 2. The van der Waals surface area contributed by atoms with Gasteiger partial charge in [-0.2, -0.15) is 0 Å². The summed E-state index contributed by atoms with van der Waals surface area (Å²) in [5.74, 6) is -1.77. The van der Waals surface area contributed by atoms with Crippen molar-refractivity contribution < 1.29 is 33.7 Å². The number of carbonyl (C=O) groups excluding carboxylic acids is 2. The van der Waals surface area contributed by atoms with Gasteiger partial charge in [-0.1, -0.05) is 31.4 Å². The van der Waals surface area contributed by atoms with Crippen molar-refractivity contribution in [1.29, 1.82) is 0 Å². The molecule has 10 nitrogen and oxygen atoms in total. The summed E-state index contributed by atoms with van der Waals surface area (Å²) in [7, 11) is 1.28. The van der Waals surface area contributed by atoms with Crippen LogP contribution in [-0.4, -0.2) is 90.2 Å². The third-order valence-electron chi connectivity index (χ3n) is 8.02. The Kier molecular flexibility index (Phi) is 8.34. The van der Waals surface area contributed by atoms with Crippen LogP contribution >= 0.6 is 0 Å². The standard InChI is InChI=1S/C29H35FN4O6/c1-39-28(38)29(9-3-2-4-10-29)32-26(36)23-24(35)22-17-20(19-5-7-21(30)8-6-19)18-31-25(22)34(27(23)37)12-11-33-13-15-40-16-14-33/h5-8,17-18,27,35,37H,2-4,9-16H2,1H3,(H,32,36). The van der Waals surface area contributed by atoms with E-state index in [0.29, 0.717) is 56.1 Å². The second-order valence-corrected chi connectivity index (χ2v) is 10.5. The van der Waals surface area contributed by atoms with E-state index >= 15 is 0 Å². The van der Waals surface area contributed by atoms with E-state index in [0.717, 1.165) is 32.4 Å². The maximum Gasteiger partial charge on any atom is 0.331 e. The Morgan fingerprint density at radius 1 is 1.12 bits per heavy atom. The molecule has 1 unspecified atom stereocenters. The number of nitrogens with one attached hydrogen (secondary N) is 1. The Morgan fingerprint density at radius 2 is 1.82 bits per heavy atom. The third-order valence-corrected chi connectivity index (χ3v) is 8.02. The molecule has 1 saturated carbocycles. The maximum absolute atomic E-state index is 13.8. The summed E-state index contributed by atoms with van der Waals surface area (Å²) in [4.78, 5) is 34.9. The fourth-order valence-corrected chi connectivity index (χ4v) is 5.74. The smallest absolute Gasteiger partial charge is 0.331 e. The summed E-state index contributed by atoms with van der Waals surface area (Å²) < 4.78 is 24.0. The van der Waals surface area contributed by atoms with Crippen molar-refractivity contribution in [2.75, 3.05) is 51.4 Å². The van der Waals surface area contributed by atoms with Crippen molar-refractivity contribution in [1.82, 2.24) is 15.2 Å². The highest BCUT2D eigenvalue weighted by molar-refractivity contribution is 6.05. The molecule has 11 heteroatoms. The highest BCUT2D eigenvalue weighted by Gasteiger charge is 2.45. The van der Waals surface area contributed by atoms with E-state index < -0.39 is 29.4 Å². The number of nitrogens with zero attached hydrogens (tertiary/aromatic N) is 3. The minimum absolute atomic E-state index is 0.259. The van der Waals surface area contributed by atoms with Gasteiger partial charge in [0, 0.05) is 37.9 Å². The number of aromatic nitrogens is 1. The molecule has 3 N–H and O–H groups in total. The van der Waals surface area contributed by atoms with Crippen molar-refractivity contribution in [3.8, 4) is 11.1 Å². The van der Waals surface area contributed by atoms with E-state index in [-0.39, 0.29) is 17.0 Å². The topological polar surface area (TPSA) is 124 Å². The summed E-state index contributed by atoms with van der Waals surface area (Å²) in [6, 6.07) is 7.53. The van der Waals surface area contributed by atoms with E-state index in [2.05, 4.69) is 15.2 Å². The quantitative estimate of drug-likeness (QED) is 0.443. The Hall–Kier alpha value is -3.54. The fourth-order valence-electron chi connectivity index (χ4n) is 5.74. The van der Waals surface area contributed by atoms with Gasteiger partial charge in [0.2, 0.25) is 0 Å². The molecule has 2 aromatic rings. The molecule has 2 aliphatic heterocycles. The highest BCUT2D eigenvalue weighted by Crippen LogP contribution is 2.38. The summed E-state index contributed by atoms with van der Waals surface area (Å²) in [6.07, 6.45) is 3.31. The summed E-state index contributed by atoms with van der Waals surface area (Å²) in [6.45, 7) is 3.60. The molecule has 40 heavy (non-hydrogen) atoms. The van der Waals surface area contributed by atoms with Crippen molar-refractivity contribution in [3.05, 3.63) is 53.5 Å². The molecule has 5 rings (SSSR count). The van der Waals surface area contributed by atoms with Crippen molar-refractivity contribution >= 4 is 23.5 Å². The molecule has 214 valence electrons. The molecule has 0 radical (unpaired) electrons. The number of anilines is 1. The number of hydrogen-bond acceptors (Lipinski definition) is 9. The van der Waals surface area contributed by atoms with Gasteiger partial charge in [-0.3, -0.25) is 9.69 Å². The normalized spacial score (nSPS) is 21.1. The predicted octanol–water partition coefficient (Wildman–Crippen LogP) is 2.62. The Morgan fingerprint density at radius 3 is 2.50 bits per heavy atom. The lowest BCUT2D eigenvalue weighted by Crippen LogP contribution is -2.58. The van der Waals surface area contributed by atoms with Crippen molar-refractivity contribution in [3.63, 3.8) is 0 Å². The van der Waals surface area contributed by atoms with Gasteiger partial charge < -0.3 is 29.9 Å². The number of halogens is 1. The van der Waals surface area contributed by atoms with Crippen molar-refractivity contribution in [2.45, 2.75) is 43.9 Å². The molecular weight excluding hydrogens is 519 g/mol. The van der Waals surface area contributed by atoms with Gasteiger partial charge in [0.15, 0.2) is 6.23 Å². The minimum atomic E-state index is -1.50. The van der Waals surface area contributed by atoms with E-state index in [9.17, 15) is 24.2 Å². The van der Waals surface area contributed by atoms with Gasteiger partial charge in [-0.25, -0.2) is 14.2 Å². The summed E-state index contributed by atoms with van der Waals surface area (Å²) in [5.41, 5.74) is 0.0436. The lowest BCUT2D eigenvalue weighted by atomic mass is 9.81. The minimum Gasteiger partial charge on any atom is -0.507 e. The second kappa shape index (κ2) is 11.9. The predicted molar refractivity (Wildman–Crippen MR) is 146 cm³/mol. The number of carbonyl (C=O) groups is 2. The summed E-state index contributed by atoms with van der Waals surface area (Å²) in [5, 5.41) is 25.7. The molecule has 1 saturated heterocycles. The number of amides is 1. The molecule has 2 fully saturated rings. The SMILES string of the molecule is COC(=O)C1(NC(=O)C2=C(O)c3cc(-c4ccc(F)cc4)cnc3N(CCN3CCOCC3)C2O)CCCCC1. The molecule has 1 amide bonds. The Bertz CT molecular complexity index is 1270. The number of fused-ring (bicyclic) bond motifs is 1. The first-order valence-corrected chi connectivity index (χ1v) is 13.7. The fraction of sp³-hybridized carbons (Fsp3) is 0.483. The van der Waals surface area contributed by atoms with Gasteiger partial charge in [0.1, 0.15) is 28.5 Å². The molecule has 1 aromatic carbocycles. The van der Waals surface area contributed by atoms with Crippen LogP contribution in [0.3, 0.4) is 0 Å². The third kappa shape index (κ3) is 5.54. The lowest BCUT2D eigenvalue weighted by molar-refractivity contribution is -0.152. The number of aliphatic hydroxyl groups is 2. The zero-order chi connectivity index (χ0) is 28.3. The summed E-state index contributed by atoms with van der Waals surface area (Å²) >= 11 is 0. The number of benzene rings is 1. The van der Waals surface area contributed by atoms with Crippen LogP contribution in [0.5, 0.6) is 0 Å². The molecule has 0 bridgehead atoms. The van der Waals surface area contributed by atoms with Crippen LogP contribution in [0.2, 0.25) is 0 Å². The van der Waals surface area contributed by atoms with Crippen LogP contribution in [0, 0.1) is 5.82 Å². The van der Waals surface area contributed by atoms with Crippen LogP contribution in [0.1, 0.15) is 37.7 Å². The average Bonchev–Trinajstić information content (AvgIpc) is 2.98. The molecule has 1 atom stereocenters. The van der Waals surface area contributed by atoms with Gasteiger partial charge in [0.05, 0.1) is 25.9 Å². The number of rotatable bonds is 7. The number of methoxy groups -OCH3 is 1. The van der Waals surface area contributed by atoms with Crippen LogP contribution in [-0.2, 0) is 19.1 Å². The lowest BCUT2D eigenvalue weighted by Gasteiger charge is -2.39. The molecule has 3 heterocycles. The monoisotopic (exact) mass is 554 g/mol. The van der Waals surface area contributed by atoms with Crippen LogP contribution in [0.4, 0.5) is 10.2 Å². The van der Waals surface area contributed by atoms with Gasteiger partial charge in [-0.15, -0.1) is 0 Å². The molecule has 1 aliphatic carbocycles. The first kappa shape index (κ1) is 28.0. The number of esters is 1. The molecule has 1 aromatic heterocycles. The van der Waals surface area contributed by atoms with Crippen molar-refractivity contribution in [2.24, 2.45) is 0 Å². The first-order chi connectivity index (χ1) is 19.3. The molecular formula is C29H35FN4O6. The van der Waals surface area contributed by atoms with Crippen LogP contribution in [0.15, 0.2) is 42.1 Å². The highest BCUT2D eigenvalue weighted by atomic mass is 19.1. The zero-order valence-corrected chi connectivity index (χ0v) is 22.6. The molecule has 0 spiro atoms. The van der Waals surface area contributed by atoms with Gasteiger partial charge in [0.25, 0.3) is 5.91 Å². The maximum atomic E-state index is 13.8. The Labute approximate surface area is 232 Å². The largest absolute Gasteiger partial charge is 0.507 e. The van der Waals surface area contributed by atoms with E-state index in [1.54, 1.807) is 29.3 Å². The van der Waals surface area contributed by atoms with Gasteiger partial charge >= 0.3 is 5.97 Å². The molecule has 3 aliphatic rings. The number of hydrogen-bond donors (Lipinski definition) is 3. The average molecular weight is 555 g/mol. The second-order valence-electron chi connectivity index (χ2n) is 10.5. The van der Waals surface area contributed by atoms with Crippen LogP contribution in [0.25, 0.3) is 16.9 Å². The number of pyridine rings is 1. The Balaban J connectivity index is 1.52. The number of ether oxygens (including phenoxy) is 2. The van der Waals surface area contributed by atoms with Crippen LogP contribution < -0.4 is 10.2 Å². The van der Waals surface area contributed by atoms with E-state index in [4.69, 9.17) is 9.47 Å².